The van der Waals surface area contributed by atoms with Crippen molar-refractivity contribution in [2.75, 3.05) is 12.3 Å². The number of benzene rings is 2. The molecule has 2 aromatic carbocycles. The van der Waals surface area contributed by atoms with Gasteiger partial charge in [-0.25, -0.2) is 4.98 Å². The lowest BCUT2D eigenvalue weighted by Crippen LogP contribution is -2.57. The van der Waals surface area contributed by atoms with Gasteiger partial charge in [-0.1, -0.05) is 57.2 Å². The molecule has 15 heteroatoms. The first-order valence-corrected chi connectivity index (χ1v) is 18.6. The van der Waals surface area contributed by atoms with Crippen LogP contribution in [-0.2, 0) is 20.9 Å². The minimum atomic E-state index is -0.963. The number of aromatic hydroxyl groups is 1. The Labute approximate surface area is 317 Å². The van der Waals surface area contributed by atoms with E-state index in [4.69, 9.17) is 5.73 Å². The standard InChI is InChI=1S/C39H45N9O5S/c1-22(24-10-12-25(13-11-24)34-23(2)41-21-54-34)43-37(52)31-16-27(49)20-48(31)38(53)35(39(3,4)5)44-33(51)14-15-47-19-26(18-42-47)29-17-30(45-46-36(29)40)28-8-6-7-9-32(28)50/h6-13,17-19,21-22,27,31,35,49-50H,14-16,20H2,1-5H3,(H2,40,46)(H,43,52)(H,44,51)/t22-,27+,31-,35+/m0/s1. The van der Waals surface area contributed by atoms with Crippen molar-refractivity contribution in [1.29, 1.82) is 0 Å². The Hall–Kier alpha value is -5.67. The Morgan fingerprint density at radius 2 is 1.78 bits per heavy atom. The van der Waals surface area contributed by atoms with E-state index in [2.05, 4.69) is 30.9 Å². The Balaban J connectivity index is 1.08. The zero-order valence-corrected chi connectivity index (χ0v) is 31.7. The van der Waals surface area contributed by atoms with Gasteiger partial charge in [0.2, 0.25) is 17.7 Å². The number of hydrogen-bond donors (Lipinski definition) is 5. The maximum Gasteiger partial charge on any atom is 0.246 e. The molecule has 4 heterocycles. The fraction of sp³-hybridized carbons (Fsp3) is 0.359. The molecule has 1 aliphatic rings. The van der Waals surface area contributed by atoms with Crippen LogP contribution < -0.4 is 16.4 Å². The van der Waals surface area contributed by atoms with Gasteiger partial charge in [0.25, 0.3) is 0 Å². The molecule has 54 heavy (non-hydrogen) atoms. The number of likely N-dealkylation sites (tertiary alicyclic amines) is 1. The molecule has 6 N–H and O–H groups in total. The number of nitrogens with two attached hydrogens (primary N) is 1. The number of nitrogens with zero attached hydrogens (tertiary/aromatic N) is 6. The first-order valence-electron chi connectivity index (χ1n) is 17.7. The first kappa shape index (κ1) is 38.1. The molecule has 5 aromatic rings. The number of thiazole rings is 1. The molecule has 14 nitrogen and oxygen atoms in total. The predicted molar refractivity (Wildman–Crippen MR) is 206 cm³/mol. The Bertz CT molecular complexity index is 2140. The van der Waals surface area contributed by atoms with Crippen LogP contribution in [0.4, 0.5) is 5.82 Å². The Kier molecular flexibility index (Phi) is 11.1. The van der Waals surface area contributed by atoms with Crippen LogP contribution in [0.2, 0.25) is 0 Å². The zero-order chi connectivity index (χ0) is 38.7. The van der Waals surface area contributed by atoms with Crippen molar-refractivity contribution < 1.29 is 24.6 Å². The van der Waals surface area contributed by atoms with Crippen molar-refractivity contribution in [2.45, 2.75) is 78.2 Å². The number of aromatic nitrogens is 5. The number of β-amino-alcohol motifs (C(OH)–C–C–N with tert-alkyl or cyclic N) is 1. The highest BCUT2D eigenvalue weighted by Gasteiger charge is 2.44. The smallest absolute Gasteiger partial charge is 0.246 e. The van der Waals surface area contributed by atoms with Gasteiger partial charge in [-0.2, -0.15) is 5.10 Å². The number of phenols is 1. The molecule has 0 spiro atoms. The maximum atomic E-state index is 14.1. The van der Waals surface area contributed by atoms with Gasteiger partial charge in [-0.15, -0.1) is 21.5 Å². The third kappa shape index (κ3) is 8.42. The van der Waals surface area contributed by atoms with E-state index in [9.17, 15) is 24.6 Å². The van der Waals surface area contributed by atoms with E-state index in [1.54, 1.807) is 58.7 Å². The lowest BCUT2D eigenvalue weighted by molar-refractivity contribution is -0.144. The second-order valence-electron chi connectivity index (χ2n) is 14.7. The number of aliphatic hydroxyl groups excluding tert-OH is 1. The van der Waals surface area contributed by atoms with Gasteiger partial charge in [0.1, 0.15) is 17.8 Å². The van der Waals surface area contributed by atoms with E-state index in [1.165, 1.54) is 4.90 Å². The van der Waals surface area contributed by atoms with Gasteiger partial charge >= 0.3 is 0 Å². The molecule has 0 aliphatic carbocycles. The minimum absolute atomic E-state index is 0.0135. The number of para-hydroxylation sites is 1. The van der Waals surface area contributed by atoms with Gasteiger partial charge in [0.15, 0.2) is 5.82 Å². The van der Waals surface area contributed by atoms with Crippen molar-refractivity contribution in [3.8, 4) is 38.6 Å². The Morgan fingerprint density at radius 3 is 2.46 bits per heavy atom. The van der Waals surface area contributed by atoms with Crippen LogP contribution in [0, 0.1) is 12.3 Å². The third-order valence-electron chi connectivity index (χ3n) is 9.57. The average Bonchev–Trinajstić information content (AvgIpc) is 3.89. The van der Waals surface area contributed by atoms with Crippen molar-refractivity contribution in [3.63, 3.8) is 0 Å². The number of nitrogen functional groups attached to an aromatic ring is 1. The number of carbonyl (C=O) groups excluding carboxylic acids is 3. The summed E-state index contributed by atoms with van der Waals surface area (Å²) >= 11 is 1.57. The van der Waals surface area contributed by atoms with Crippen LogP contribution in [0.3, 0.4) is 0 Å². The van der Waals surface area contributed by atoms with Crippen LogP contribution in [0.1, 0.15) is 57.8 Å². The lowest BCUT2D eigenvalue weighted by Gasteiger charge is -2.35. The van der Waals surface area contributed by atoms with Crippen molar-refractivity contribution >= 4 is 34.9 Å². The van der Waals surface area contributed by atoms with E-state index in [0.717, 1.165) is 21.7 Å². The van der Waals surface area contributed by atoms with Gasteiger partial charge < -0.3 is 31.5 Å². The van der Waals surface area contributed by atoms with Crippen LogP contribution in [-0.4, -0.2) is 82.5 Å². The molecule has 3 amide bonds. The summed E-state index contributed by atoms with van der Waals surface area (Å²) in [6.07, 6.45) is 2.55. The molecular weight excluding hydrogens is 707 g/mol. The summed E-state index contributed by atoms with van der Waals surface area (Å²) in [5.41, 5.74) is 12.3. The molecule has 0 saturated carbocycles. The highest BCUT2D eigenvalue weighted by molar-refractivity contribution is 7.13. The van der Waals surface area contributed by atoms with E-state index >= 15 is 0 Å². The highest BCUT2D eigenvalue weighted by Crippen LogP contribution is 2.33. The summed E-state index contributed by atoms with van der Waals surface area (Å²) in [7, 11) is 0. The van der Waals surface area contributed by atoms with Crippen molar-refractivity contribution in [2.24, 2.45) is 5.41 Å². The van der Waals surface area contributed by atoms with Gasteiger partial charge in [-0.05, 0) is 48.6 Å². The quantitative estimate of drug-likeness (QED) is 0.128. The topological polar surface area (TPSA) is 201 Å². The monoisotopic (exact) mass is 751 g/mol. The molecule has 1 aliphatic heterocycles. The summed E-state index contributed by atoms with van der Waals surface area (Å²) in [6.45, 7) is 9.55. The number of nitrogens with one attached hydrogen (secondary N) is 2. The van der Waals surface area contributed by atoms with Crippen molar-refractivity contribution in [1.82, 2.24) is 40.5 Å². The highest BCUT2D eigenvalue weighted by atomic mass is 32.1. The summed E-state index contributed by atoms with van der Waals surface area (Å²) in [4.78, 5) is 47.9. The van der Waals surface area contributed by atoms with Gasteiger partial charge in [0, 0.05) is 48.8 Å². The SMILES string of the molecule is Cc1ncsc1-c1ccc([C@H](C)NC(=O)[C@@H]2C[C@@H](O)CN2C(=O)[C@@H](NC(=O)CCn2cc(-c3cc(-c4ccccc4O)nnc3N)cn2)C(C)(C)C)cc1. The summed E-state index contributed by atoms with van der Waals surface area (Å²) in [5.74, 6) is -0.944. The van der Waals surface area contributed by atoms with Crippen molar-refractivity contribution in [3.05, 3.63) is 83.8 Å². The van der Waals surface area contributed by atoms with E-state index < -0.39 is 29.5 Å². The molecule has 282 valence electrons. The average molecular weight is 752 g/mol. The molecule has 6 rings (SSSR count). The largest absolute Gasteiger partial charge is 0.507 e. The molecule has 1 fully saturated rings. The molecule has 1 saturated heterocycles. The number of hydrogen-bond acceptors (Lipinski definition) is 11. The zero-order valence-electron chi connectivity index (χ0n) is 30.9. The predicted octanol–water partition coefficient (Wildman–Crippen LogP) is 4.49. The first-order chi connectivity index (χ1) is 25.7. The number of phenolic OH excluding ortho intramolecular Hbond substituents is 1. The van der Waals surface area contributed by atoms with Gasteiger partial charge in [-0.3, -0.25) is 19.1 Å². The molecule has 4 atom stereocenters. The molecule has 0 unspecified atom stereocenters. The molecular formula is C39H45N9O5S. The fourth-order valence-corrected chi connectivity index (χ4v) is 7.36. The summed E-state index contributed by atoms with van der Waals surface area (Å²) in [5, 5.41) is 39.4. The van der Waals surface area contributed by atoms with Crippen LogP contribution in [0.15, 0.2) is 72.5 Å². The maximum absolute atomic E-state index is 14.1. The summed E-state index contributed by atoms with van der Waals surface area (Å²) < 4.78 is 1.59. The van der Waals surface area contributed by atoms with E-state index in [0.29, 0.717) is 22.4 Å². The Morgan fingerprint density at radius 1 is 1.04 bits per heavy atom. The molecule has 0 bridgehead atoms. The fourth-order valence-electron chi connectivity index (χ4n) is 6.54. The second kappa shape index (κ2) is 15.7. The third-order valence-corrected chi connectivity index (χ3v) is 10.6. The second-order valence-corrected chi connectivity index (χ2v) is 15.5. The molecule has 0 radical (unpaired) electrons. The summed E-state index contributed by atoms with van der Waals surface area (Å²) in [6, 6.07) is 14.2. The van der Waals surface area contributed by atoms with Crippen LogP contribution in [0.25, 0.3) is 32.8 Å². The number of amides is 3. The minimum Gasteiger partial charge on any atom is -0.507 e. The normalized spacial score (nSPS) is 16.9. The van der Waals surface area contributed by atoms with Gasteiger partial charge in [0.05, 0.1) is 40.1 Å². The number of carbonyl (C=O) groups is 3. The number of aliphatic hydroxyl groups is 1. The number of rotatable bonds is 11. The van der Waals surface area contributed by atoms with E-state index in [-0.39, 0.29) is 55.4 Å². The van der Waals surface area contributed by atoms with E-state index in [1.807, 2.05) is 64.4 Å². The number of anilines is 1. The molecule has 3 aromatic heterocycles. The lowest BCUT2D eigenvalue weighted by atomic mass is 9.85. The van der Waals surface area contributed by atoms with Crippen LogP contribution in [0.5, 0.6) is 5.75 Å². The number of aryl methyl sites for hydroxylation is 2. The van der Waals surface area contributed by atoms with Crippen LogP contribution >= 0.6 is 11.3 Å².